The van der Waals surface area contributed by atoms with Gasteiger partial charge in [0.15, 0.2) is 0 Å². The number of aryl methyl sites for hydroxylation is 3. The zero-order chi connectivity index (χ0) is 13.0. The summed E-state index contributed by atoms with van der Waals surface area (Å²) in [5.41, 5.74) is 6.93. The van der Waals surface area contributed by atoms with Crippen LogP contribution in [0.5, 0.6) is 0 Å². The third-order valence-electron chi connectivity index (χ3n) is 3.11. The van der Waals surface area contributed by atoms with E-state index < -0.39 is 0 Å². The van der Waals surface area contributed by atoms with Crippen LogP contribution >= 0.6 is 0 Å². The first kappa shape index (κ1) is 14.0. The van der Waals surface area contributed by atoms with Crippen LogP contribution in [-0.2, 0) is 0 Å². The lowest BCUT2D eigenvalue weighted by molar-refractivity contribution is 0.609. The van der Waals surface area contributed by atoms with Gasteiger partial charge in [0.25, 0.3) is 0 Å². The first-order chi connectivity index (χ1) is 7.91. The summed E-state index contributed by atoms with van der Waals surface area (Å²) >= 11 is 0. The van der Waals surface area contributed by atoms with E-state index in [0.717, 1.165) is 6.54 Å². The van der Waals surface area contributed by atoms with Crippen LogP contribution in [0.25, 0.3) is 0 Å². The van der Waals surface area contributed by atoms with Gasteiger partial charge < -0.3 is 5.32 Å². The Labute approximate surface area is 106 Å². The lowest BCUT2D eigenvalue weighted by Crippen LogP contribution is -2.20. The van der Waals surface area contributed by atoms with Crippen LogP contribution in [0, 0.1) is 20.8 Å². The average molecular weight is 231 g/mol. The Morgan fingerprint density at radius 1 is 1.18 bits per heavy atom. The maximum atomic E-state index is 3.55. The van der Waals surface area contributed by atoms with Crippen molar-refractivity contribution in [1.82, 2.24) is 5.32 Å². The molecule has 1 atom stereocenters. The highest BCUT2D eigenvalue weighted by molar-refractivity contribution is 5.39. The van der Waals surface area contributed by atoms with Crippen molar-refractivity contribution in [3.8, 4) is 0 Å². The highest BCUT2D eigenvalue weighted by atomic mass is 14.9. The lowest BCUT2D eigenvalue weighted by atomic mass is 9.95. The Morgan fingerprint density at radius 2 is 1.71 bits per heavy atom. The minimum Gasteiger partial charge on any atom is -0.307 e. The van der Waals surface area contributed by atoms with E-state index in [-0.39, 0.29) is 0 Å². The molecule has 0 aliphatic carbocycles. The Bertz CT molecular complexity index is 389. The van der Waals surface area contributed by atoms with Crippen LogP contribution in [-0.4, -0.2) is 6.54 Å². The van der Waals surface area contributed by atoms with E-state index in [1.807, 2.05) is 0 Å². The van der Waals surface area contributed by atoms with E-state index in [4.69, 9.17) is 0 Å². The summed E-state index contributed by atoms with van der Waals surface area (Å²) in [5.74, 6) is 0. The third kappa shape index (κ3) is 4.01. The van der Waals surface area contributed by atoms with E-state index in [0.29, 0.717) is 6.04 Å². The predicted molar refractivity (Wildman–Crippen MR) is 76.5 cm³/mol. The summed E-state index contributed by atoms with van der Waals surface area (Å²) < 4.78 is 0. The highest BCUT2D eigenvalue weighted by Gasteiger charge is 2.10. The molecule has 0 aliphatic rings. The van der Waals surface area contributed by atoms with Crippen molar-refractivity contribution in [3.05, 3.63) is 46.0 Å². The fourth-order valence-corrected chi connectivity index (χ4v) is 2.42. The van der Waals surface area contributed by atoms with E-state index in [1.54, 1.807) is 0 Å². The largest absolute Gasteiger partial charge is 0.307 e. The minimum absolute atomic E-state index is 0.409. The summed E-state index contributed by atoms with van der Waals surface area (Å²) in [6.45, 7) is 14.0. The standard InChI is InChI=1S/C16H25N/c1-11(2)7-8-17-15(6)16-13(4)9-12(3)10-14(16)5/h7,9-10,15,17H,8H2,1-6H3. The van der Waals surface area contributed by atoms with Crippen molar-refractivity contribution in [2.45, 2.75) is 47.6 Å². The molecule has 0 aliphatic heterocycles. The Kier molecular flexibility index (Phi) is 4.95. The van der Waals surface area contributed by atoms with Crippen LogP contribution in [0.2, 0.25) is 0 Å². The van der Waals surface area contributed by atoms with Crippen molar-refractivity contribution in [1.29, 1.82) is 0 Å². The SMILES string of the molecule is CC(C)=CCNC(C)c1c(C)cc(C)cc1C. The van der Waals surface area contributed by atoms with Crippen molar-refractivity contribution < 1.29 is 0 Å². The predicted octanol–water partition coefficient (Wildman–Crippen LogP) is 4.23. The summed E-state index contributed by atoms with van der Waals surface area (Å²) in [5, 5.41) is 3.55. The van der Waals surface area contributed by atoms with Gasteiger partial charge in [-0.1, -0.05) is 29.3 Å². The van der Waals surface area contributed by atoms with Crippen LogP contribution in [0.1, 0.15) is 49.1 Å². The third-order valence-corrected chi connectivity index (χ3v) is 3.11. The molecule has 1 aromatic rings. The number of hydrogen-bond acceptors (Lipinski definition) is 1. The maximum absolute atomic E-state index is 3.55. The van der Waals surface area contributed by atoms with Gasteiger partial charge in [-0.25, -0.2) is 0 Å². The molecule has 0 saturated carbocycles. The fourth-order valence-electron chi connectivity index (χ4n) is 2.42. The molecule has 1 aromatic carbocycles. The molecule has 1 unspecified atom stereocenters. The monoisotopic (exact) mass is 231 g/mol. The molecule has 0 spiro atoms. The molecule has 1 heteroatoms. The van der Waals surface area contributed by atoms with E-state index in [9.17, 15) is 0 Å². The van der Waals surface area contributed by atoms with Crippen molar-refractivity contribution >= 4 is 0 Å². The quantitative estimate of drug-likeness (QED) is 0.765. The Hall–Kier alpha value is -1.08. The average Bonchev–Trinajstić information content (AvgIpc) is 2.14. The molecule has 0 amide bonds. The zero-order valence-corrected chi connectivity index (χ0v) is 12.0. The fraction of sp³-hybridized carbons (Fsp3) is 0.500. The van der Waals surface area contributed by atoms with Crippen LogP contribution < -0.4 is 5.32 Å². The first-order valence-electron chi connectivity index (χ1n) is 6.36. The number of nitrogens with one attached hydrogen (secondary N) is 1. The van der Waals surface area contributed by atoms with Gasteiger partial charge in [-0.2, -0.15) is 0 Å². The van der Waals surface area contributed by atoms with Gasteiger partial charge in [-0.05, 0) is 58.2 Å². The molecular formula is C16H25N. The molecule has 1 N–H and O–H groups in total. The Morgan fingerprint density at radius 3 is 2.18 bits per heavy atom. The molecular weight excluding hydrogens is 206 g/mol. The van der Waals surface area contributed by atoms with Gasteiger partial charge in [0, 0.05) is 12.6 Å². The summed E-state index contributed by atoms with van der Waals surface area (Å²) in [6.07, 6.45) is 2.23. The number of rotatable bonds is 4. The van der Waals surface area contributed by atoms with E-state index >= 15 is 0 Å². The second-order valence-corrected chi connectivity index (χ2v) is 5.22. The second-order valence-electron chi connectivity index (χ2n) is 5.22. The highest BCUT2D eigenvalue weighted by Crippen LogP contribution is 2.23. The normalized spacial score (nSPS) is 12.4. The van der Waals surface area contributed by atoms with Gasteiger partial charge >= 0.3 is 0 Å². The number of benzene rings is 1. The molecule has 0 radical (unpaired) electrons. The zero-order valence-electron chi connectivity index (χ0n) is 12.0. The van der Waals surface area contributed by atoms with Gasteiger partial charge in [0.2, 0.25) is 0 Å². The number of hydrogen-bond donors (Lipinski definition) is 1. The van der Waals surface area contributed by atoms with Crippen molar-refractivity contribution in [2.24, 2.45) is 0 Å². The van der Waals surface area contributed by atoms with Gasteiger partial charge in [-0.3, -0.25) is 0 Å². The summed E-state index contributed by atoms with van der Waals surface area (Å²) in [7, 11) is 0. The smallest absolute Gasteiger partial charge is 0.0299 e. The van der Waals surface area contributed by atoms with Gasteiger partial charge in [-0.15, -0.1) is 0 Å². The van der Waals surface area contributed by atoms with E-state index in [1.165, 1.54) is 27.8 Å². The molecule has 1 nitrogen and oxygen atoms in total. The number of allylic oxidation sites excluding steroid dienone is 1. The molecule has 0 heterocycles. The van der Waals surface area contributed by atoms with Crippen LogP contribution in [0.4, 0.5) is 0 Å². The Balaban J connectivity index is 2.82. The van der Waals surface area contributed by atoms with E-state index in [2.05, 4.69) is 65.1 Å². The van der Waals surface area contributed by atoms with Crippen molar-refractivity contribution in [2.75, 3.05) is 6.54 Å². The molecule has 94 valence electrons. The molecule has 1 rings (SSSR count). The summed E-state index contributed by atoms with van der Waals surface area (Å²) in [4.78, 5) is 0. The summed E-state index contributed by atoms with van der Waals surface area (Å²) in [6, 6.07) is 4.94. The molecule has 0 bridgehead atoms. The van der Waals surface area contributed by atoms with Crippen LogP contribution in [0.3, 0.4) is 0 Å². The van der Waals surface area contributed by atoms with Crippen LogP contribution in [0.15, 0.2) is 23.8 Å². The van der Waals surface area contributed by atoms with Crippen molar-refractivity contribution in [3.63, 3.8) is 0 Å². The lowest BCUT2D eigenvalue weighted by Gasteiger charge is -2.19. The second kappa shape index (κ2) is 6.02. The van der Waals surface area contributed by atoms with Gasteiger partial charge in [0.05, 0.1) is 0 Å². The molecule has 0 aromatic heterocycles. The van der Waals surface area contributed by atoms with Gasteiger partial charge in [0.1, 0.15) is 0 Å². The molecule has 0 fully saturated rings. The molecule has 0 saturated heterocycles. The first-order valence-corrected chi connectivity index (χ1v) is 6.36. The molecule has 17 heavy (non-hydrogen) atoms. The maximum Gasteiger partial charge on any atom is 0.0299 e. The topological polar surface area (TPSA) is 12.0 Å². The minimum atomic E-state index is 0.409.